The molecule has 1 saturated heterocycles. The molecular formula is C26H34N2O4. The Hall–Kier alpha value is -3.02. The molecule has 0 N–H and O–H groups in total. The molecule has 6 nitrogen and oxygen atoms in total. The first-order chi connectivity index (χ1) is 15.5. The number of carbonyl (C=O) groups excluding carboxylic acids is 2. The summed E-state index contributed by atoms with van der Waals surface area (Å²) in [7, 11) is 1.62. The molecule has 1 fully saturated rings. The van der Waals surface area contributed by atoms with Gasteiger partial charge in [-0.15, -0.1) is 0 Å². The lowest BCUT2D eigenvalue weighted by atomic mass is 10.1. The van der Waals surface area contributed by atoms with Crippen molar-refractivity contribution in [3.05, 3.63) is 59.2 Å². The van der Waals surface area contributed by atoms with Gasteiger partial charge < -0.3 is 19.3 Å². The molecule has 2 aromatic carbocycles. The highest BCUT2D eigenvalue weighted by atomic mass is 16.5. The predicted molar refractivity (Wildman–Crippen MR) is 125 cm³/mol. The van der Waals surface area contributed by atoms with Crippen LogP contribution in [0.4, 0.5) is 0 Å². The summed E-state index contributed by atoms with van der Waals surface area (Å²) in [5.74, 6) is 1.70. The number of nitrogens with zero attached hydrogens (tertiary/aromatic N) is 2. The van der Waals surface area contributed by atoms with Gasteiger partial charge >= 0.3 is 0 Å². The van der Waals surface area contributed by atoms with E-state index in [0.29, 0.717) is 63.5 Å². The molecule has 0 atom stereocenters. The van der Waals surface area contributed by atoms with E-state index in [4.69, 9.17) is 9.47 Å². The van der Waals surface area contributed by atoms with Crippen molar-refractivity contribution in [2.45, 2.75) is 39.5 Å². The average Bonchev–Trinajstić information content (AvgIpc) is 2.83. The van der Waals surface area contributed by atoms with Gasteiger partial charge in [-0.05, 0) is 49.9 Å². The molecular weight excluding hydrogens is 404 g/mol. The molecule has 3 rings (SSSR count). The van der Waals surface area contributed by atoms with E-state index in [2.05, 4.69) is 31.2 Å². The molecule has 0 spiro atoms. The molecule has 0 aliphatic carbocycles. The van der Waals surface area contributed by atoms with E-state index >= 15 is 0 Å². The number of carbonyl (C=O) groups is 2. The summed E-state index contributed by atoms with van der Waals surface area (Å²) in [5, 5.41) is 0. The molecule has 6 heteroatoms. The summed E-state index contributed by atoms with van der Waals surface area (Å²) in [6, 6.07) is 14.1. The summed E-state index contributed by atoms with van der Waals surface area (Å²) < 4.78 is 10.9. The minimum absolute atomic E-state index is 0.129. The normalized spacial score (nSPS) is 13.7. The van der Waals surface area contributed by atoms with Crippen LogP contribution in [0.2, 0.25) is 0 Å². The van der Waals surface area contributed by atoms with Crippen molar-refractivity contribution in [1.82, 2.24) is 9.80 Å². The zero-order chi connectivity index (χ0) is 22.9. The molecule has 0 radical (unpaired) electrons. The second kappa shape index (κ2) is 11.6. The Kier molecular flexibility index (Phi) is 8.54. The van der Waals surface area contributed by atoms with Gasteiger partial charge in [-0.1, -0.05) is 35.9 Å². The lowest BCUT2D eigenvalue weighted by Gasteiger charge is -2.35. The summed E-state index contributed by atoms with van der Waals surface area (Å²) >= 11 is 0. The zero-order valence-corrected chi connectivity index (χ0v) is 19.4. The monoisotopic (exact) mass is 438 g/mol. The smallest absolute Gasteiger partial charge is 0.223 e. The first-order valence-corrected chi connectivity index (χ1v) is 11.4. The Labute approximate surface area is 191 Å². The number of methoxy groups -OCH3 is 1. The van der Waals surface area contributed by atoms with Crippen LogP contribution in [0.15, 0.2) is 42.5 Å². The van der Waals surface area contributed by atoms with E-state index in [9.17, 15) is 9.59 Å². The second-order valence-electron chi connectivity index (χ2n) is 8.17. The Morgan fingerprint density at radius 2 is 1.34 bits per heavy atom. The van der Waals surface area contributed by atoms with Gasteiger partial charge in [0.25, 0.3) is 0 Å². The van der Waals surface area contributed by atoms with Crippen molar-refractivity contribution in [3.63, 3.8) is 0 Å². The van der Waals surface area contributed by atoms with Gasteiger partial charge in [-0.3, -0.25) is 9.59 Å². The molecule has 2 aromatic rings. The fourth-order valence-electron chi connectivity index (χ4n) is 3.92. The van der Waals surface area contributed by atoms with Crippen LogP contribution >= 0.6 is 0 Å². The van der Waals surface area contributed by atoms with Gasteiger partial charge in [0.15, 0.2) is 11.5 Å². The number of piperazine rings is 1. The number of aryl methyl sites for hydroxylation is 3. The van der Waals surface area contributed by atoms with Crippen LogP contribution in [0.3, 0.4) is 0 Å². The van der Waals surface area contributed by atoms with Crippen LogP contribution in [-0.2, 0) is 22.4 Å². The van der Waals surface area contributed by atoms with Gasteiger partial charge in [0, 0.05) is 39.0 Å². The van der Waals surface area contributed by atoms with E-state index in [1.165, 1.54) is 11.1 Å². The highest BCUT2D eigenvalue weighted by Gasteiger charge is 2.23. The van der Waals surface area contributed by atoms with Crippen molar-refractivity contribution in [2.24, 2.45) is 0 Å². The fourth-order valence-corrected chi connectivity index (χ4v) is 3.92. The molecule has 0 saturated carbocycles. The Morgan fingerprint density at radius 3 is 1.88 bits per heavy atom. The lowest BCUT2D eigenvalue weighted by molar-refractivity contribution is -0.139. The average molecular weight is 439 g/mol. The third kappa shape index (κ3) is 6.49. The van der Waals surface area contributed by atoms with Crippen LogP contribution in [0, 0.1) is 6.92 Å². The highest BCUT2D eigenvalue weighted by molar-refractivity contribution is 5.78. The molecule has 0 aromatic heterocycles. The first kappa shape index (κ1) is 23.6. The molecule has 2 amide bonds. The number of amides is 2. The summed E-state index contributed by atoms with van der Waals surface area (Å²) in [5.41, 5.74) is 3.45. The van der Waals surface area contributed by atoms with Crippen molar-refractivity contribution in [1.29, 1.82) is 0 Å². The Morgan fingerprint density at radius 1 is 0.812 bits per heavy atom. The number of hydrogen-bond acceptors (Lipinski definition) is 4. The maximum Gasteiger partial charge on any atom is 0.223 e. The number of ether oxygens (including phenoxy) is 2. The molecule has 0 bridgehead atoms. The van der Waals surface area contributed by atoms with E-state index in [-0.39, 0.29) is 11.8 Å². The number of hydrogen-bond donors (Lipinski definition) is 0. The first-order valence-electron chi connectivity index (χ1n) is 11.4. The largest absolute Gasteiger partial charge is 0.493 e. The molecule has 1 aliphatic rings. The number of benzene rings is 2. The number of rotatable bonds is 9. The van der Waals surface area contributed by atoms with Gasteiger partial charge in [0.05, 0.1) is 13.7 Å². The van der Waals surface area contributed by atoms with Crippen LogP contribution in [-0.4, -0.2) is 61.5 Å². The quantitative estimate of drug-likeness (QED) is 0.600. The standard InChI is InChI=1S/C26H34N2O4/c1-4-32-23-12-9-22(19-24(23)31-3)11-14-26(30)28-17-15-27(16-18-28)25(29)13-10-21-7-5-20(2)6-8-21/h5-9,12,19H,4,10-11,13-18H2,1-3H3. The van der Waals surface area contributed by atoms with E-state index in [1.807, 2.05) is 34.9 Å². The molecule has 1 heterocycles. The van der Waals surface area contributed by atoms with E-state index in [0.717, 1.165) is 12.0 Å². The van der Waals surface area contributed by atoms with Gasteiger partial charge in [0.1, 0.15) is 0 Å². The minimum Gasteiger partial charge on any atom is -0.493 e. The van der Waals surface area contributed by atoms with Crippen molar-refractivity contribution >= 4 is 11.8 Å². The summed E-state index contributed by atoms with van der Waals surface area (Å²) in [6.07, 6.45) is 2.36. The van der Waals surface area contributed by atoms with Gasteiger partial charge in [0.2, 0.25) is 11.8 Å². The predicted octanol–water partition coefficient (Wildman–Crippen LogP) is 3.64. The van der Waals surface area contributed by atoms with Crippen molar-refractivity contribution in [2.75, 3.05) is 39.9 Å². The zero-order valence-electron chi connectivity index (χ0n) is 19.4. The minimum atomic E-state index is 0.129. The van der Waals surface area contributed by atoms with Crippen molar-refractivity contribution < 1.29 is 19.1 Å². The molecule has 1 aliphatic heterocycles. The van der Waals surface area contributed by atoms with E-state index in [1.54, 1.807) is 7.11 Å². The SMILES string of the molecule is CCOc1ccc(CCC(=O)N2CCN(C(=O)CCc3ccc(C)cc3)CC2)cc1OC. The molecule has 32 heavy (non-hydrogen) atoms. The van der Waals surface area contributed by atoms with Gasteiger partial charge in [-0.2, -0.15) is 0 Å². The van der Waals surface area contributed by atoms with Crippen LogP contribution < -0.4 is 9.47 Å². The highest BCUT2D eigenvalue weighted by Crippen LogP contribution is 2.28. The lowest BCUT2D eigenvalue weighted by Crippen LogP contribution is -2.50. The van der Waals surface area contributed by atoms with Crippen LogP contribution in [0.1, 0.15) is 36.5 Å². The maximum absolute atomic E-state index is 12.7. The Bertz CT molecular complexity index is 903. The van der Waals surface area contributed by atoms with Crippen LogP contribution in [0.25, 0.3) is 0 Å². The third-order valence-corrected chi connectivity index (χ3v) is 5.89. The van der Waals surface area contributed by atoms with Gasteiger partial charge in [-0.25, -0.2) is 0 Å². The summed E-state index contributed by atoms with van der Waals surface area (Å²) in [6.45, 7) is 6.98. The fraction of sp³-hybridized carbons (Fsp3) is 0.462. The van der Waals surface area contributed by atoms with Crippen LogP contribution in [0.5, 0.6) is 11.5 Å². The molecule has 172 valence electrons. The second-order valence-corrected chi connectivity index (χ2v) is 8.17. The molecule has 0 unspecified atom stereocenters. The Balaban J connectivity index is 1.42. The summed E-state index contributed by atoms with van der Waals surface area (Å²) in [4.78, 5) is 29.0. The van der Waals surface area contributed by atoms with Crippen molar-refractivity contribution in [3.8, 4) is 11.5 Å². The third-order valence-electron chi connectivity index (χ3n) is 5.89. The topological polar surface area (TPSA) is 59.1 Å². The maximum atomic E-state index is 12.7. The van der Waals surface area contributed by atoms with E-state index < -0.39 is 0 Å².